The van der Waals surface area contributed by atoms with E-state index in [0.29, 0.717) is 11.3 Å². The molecule has 0 amide bonds. The maximum atomic E-state index is 4.53. The predicted molar refractivity (Wildman–Crippen MR) is 84.6 cm³/mol. The highest BCUT2D eigenvalue weighted by molar-refractivity contribution is 7.80. The molecule has 1 aliphatic heterocycles. The van der Waals surface area contributed by atoms with Crippen LogP contribution in [0.25, 0.3) is 0 Å². The quantitative estimate of drug-likeness (QED) is 0.743. The number of rotatable bonds is 6. The van der Waals surface area contributed by atoms with Gasteiger partial charge in [0.1, 0.15) is 0 Å². The third-order valence-corrected chi connectivity index (χ3v) is 4.85. The Bertz CT molecular complexity index is 237. The van der Waals surface area contributed by atoms with Crippen LogP contribution >= 0.6 is 12.6 Å². The normalized spacial score (nSPS) is 23.8. The van der Waals surface area contributed by atoms with Crippen molar-refractivity contribution in [3.63, 3.8) is 0 Å². The highest BCUT2D eigenvalue weighted by atomic mass is 32.1. The van der Waals surface area contributed by atoms with Crippen molar-refractivity contribution < 1.29 is 0 Å². The van der Waals surface area contributed by atoms with Crippen molar-refractivity contribution in [1.29, 1.82) is 0 Å². The second-order valence-electron chi connectivity index (χ2n) is 6.89. The second kappa shape index (κ2) is 7.16. The van der Waals surface area contributed by atoms with E-state index in [1.54, 1.807) is 0 Å². The lowest BCUT2D eigenvalue weighted by molar-refractivity contribution is 0.150. The number of hydrogen-bond donors (Lipinski definition) is 1. The molecule has 1 fully saturated rings. The van der Waals surface area contributed by atoms with Crippen LogP contribution in [0.15, 0.2) is 0 Å². The first kappa shape index (κ1) is 16.3. The van der Waals surface area contributed by atoms with Gasteiger partial charge in [0.15, 0.2) is 0 Å². The van der Waals surface area contributed by atoms with Crippen LogP contribution in [-0.4, -0.2) is 54.8 Å². The van der Waals surface area contributed by atoms with Crippen LogP contribution in [0.1, 0.15) is 40.5 Å². The SMILES string of the molecule is CCN1CCCC1CN(C)CC(CS)C(C)(C)C. The summed E-state index contributed by atoms with van der Waals surface area (Å²) in [6, 6.07) is 0.778. The predicted octanol–water partition coefficient (Wildman–Crippen LogP) is 2.99. The van der Waals surface area contributed by atoms with Crippen molar-refractivity contribution >= 4 is 12.6 Å². The van der Waals surface area contributed by atoms with Gasteiger partial charge < -0.3 is 4.90 Å². The minimum Gasteiger partial charge on any atom is -0.304 e. The molecule has 0 aliphatic carbocycles. The van der Waals surface area contributed by atoms with Crippen LogP contribution in [0.4, 0.5) is 0 Å². The van der Waals surface area contributed by atoms with Crippen LogP contribution in [-0.2, 0) is 0 Å². The number of thiol groups is 1. The molecule has 3 heteroatoms. The Morgan fingerprint density at radius 2 is 2.06 bits per heavy atom. The van der Waals surface area contributed by atoms with E-state index in [2.05, 4.69) is 57.2 Å². The molecule has 1 aliphatic rings. The molecule has 2 nitrogen and oxygen atoms in total. The smallest absolute Gasteiger partial charge is 0.0223 e. The van der Waals surface area contributed by atoms with Crippen molar-refractivity contribution in [3.05, 3.63) is 0 Å². The van der Waals surface area contributed by atoms with Gasteiger partial charge in [-0.15, -0.1) is 0 Å². The van der Waals surface area contributed by atoms with Gasteiger partial charge in [-0.1, -0.05) is 27.7 Å². The summed E-state index contributed by atoms with van der Waals surface area (Å²) >= 11 is 4.53. The van der Waals surface area contributed by atoms with Crippen LogP contribution < -0.4 is 0 Å². The Hall–Kier alpha value is 0.270. The topological polar surface area (TPSA) is 6.48 Å². The fourth-order valence-corrected chi connectivity index (χ4v) is 3.60. The van der Waals surface area contributed by atoms with Gasteiger partial charge in [0.05, 0.1) is 0 Å². The first-order valence-corrected chi connectivity index (χ1v) is 8.05. The Labute approximate surface area is 120 Å². The molecule has 2 atom stereocenters. The summed E-state index contributed by atoms with van der Waals surface area (Å²) in [5.41, 5.74) is 0.357. The minimum atomic E-state index is 0.357. The van der Waals surface area contributed by atoms with E-state index in [1.807, 2.05) is 0 Å². The minimum absolute atomic E-state index is 0.357. The average Bonchev–Trinajstić information content (AvgIpc) is 2.71. The fourth-order valence-electron chi connectivity index (χ4n) is 2.93. The zero-order valence-corrected chi connectivity index (χ0v) is 13.8. The molecular weight excluding hydrogens is 240 g/mol. The molecule has 18 heavy (non-hydrogen) atoms. The third kappa shape index (κ3) is 4.75. The summed E-state index contributed by atoms with van der Waals surface area (Å²) in [6.45, 7) is 14.2. The summed E-state index contributed by atoms with van der Waals surface area (Å²) in [4.78, 5) is 5.15. The zero-order valence-electron chi connectivity index (χ0n) is 12.9. The van der Waals surface area contributed by atoms with Crippen molar-refractivity contribution in [1.82, 2.24) is 9.80 Å². The van der Waals surface area contributed by atoms with E-state index in [1.165, 1.54) is 39.0 Å². The first-order chi connectivity index (χ1) is 8.38. The van der Waals surface area contributed by atoms with Gasteiger partial charge >= 0.3 is 0 Å². The summed E-state index contributed by atoms with van der Waals surface area (Å²) in [5.74, 6) is 1.65. The van der Waals surface area contributed by atoms with E-state index in [9.17, 15) is 0 Å². The number of likely N-dealkylation sites (N-methyl/N-ethyl adjacent to an activating group) is 2. The van der Waals surface area contributed by atoms with Gasteiger partial charge in [0, 0.05) is 19.1 Å². The summed E-state index contributed by atoms with van der Waals surface area (Å²) in [6.07, 6.45) is 2.75. The first-order valence-electron chi connectivity index (χ1n) is 7.42. The number of likely N-dealkylation sites (tertiary alicyclic amines) is 1. The molecule has 2 unspecified atom stereocenters. The van der Waals surface area contributed by atoms with Gasteiger partial charge in [-0.25, -0.2) is 0 Å². The molecule has 0 radical (unpaired) electrons. The molecule has 0 aromatic rings. The van der Waals surface area contributed by atoms with E-state index >= 15 is 0 Å². The fraction of sp³-hybridized carbons (Fsp3) is 1.00. The molecule has 1 saturated heterocycles. The molecule has 0 aromatic heterocycles. The maximum absolute atomic E-state index is 4.53. The molecule has 0 saturated carbocycles. The summed E-state index contributed by atoms with van der Waals surface area (Å²) < 4.78 is 0. The average molecular weight is 273 g/mol. The lowest BCUT2D eigenvalue weighted by atomic mass is 9.81. The van der Waals surface area contributed by atoms with Crippen molar-refractivity contribution in [3.8, 4) is 0 Å². The Morgan fingerprint density at radius 3 is 2.56 bits per heavy atom. The molecule has 0 N–H and O–H groups in total. The standard InChI is InChI=1S/C15H32N2S/c1-6-17-9-7-8-14(17)11-16(5)10-13(12-18)15(2,3)4/h13-14,18H,6-12H2,1-5H3. The molecule has 108 valence electrons. The molecule has 1 rings (SSSR count). The van der Waals surface area contributed by atoms with Crippen LogP contribution in [0.3, 0.4) is 0 Å². The molecule has 0 aromatic carbocycles. The van der Waals surface area contributed by atoms with E-state index in [4.69, 9.17) is 0 Å². The largest absolute Gasteiger partial charge is 0.304 e. The summed E-state index contributed by atoms with van der Waals surface area (Å²) in [7, 11) is 2.27. The van der Waals surface area contributed by atoms with Gasteiger partial charge in [0.2, 0.25) is 0 Å². The van der Waals surface area contributed by atoms with Crippen LogP contribution in [0.2, 0.25) is 0 Å². The van der Waals surface area contributed by atoms with Crippen molar-refractivity contribution in [2.75, 3.05) is 39.0 Å². The highest BCUT2D eigenvalue weighted by Crippen LogP contribution is 2.28. The highest BCUT2D eigenvalue weighted by Gasteiger charge is 2.27. The zero-order chi connectivity index (χ0) is 13.8. The molecule has 0 spiro atoms. The molecule has 0 bridgehead atoms. The van der Waals surface area contributed by atoms with Crippen LogP contribution in [0.5, 0.6) is 0 Å². The Balaban J connectivity index is 2.43. The van der Waals surface area contributed by atoms with E-state index in [-0.39, 0.29) is 0 Å². The molecule has 1 heterocycles. The van der Waals surface area contributed by atoms with Crippen LogP contribution in [0, 0.1) is 11.3 Å². The second-order valence-corrected chi connectivity index (χ2v) is 7.26. The lowest BCUT2D eigenvalue weighted by Crippen LogP contribution is -2.42. The van der Waals surface area contributed by atoms with E-state index in [0.717, 1.165) is 11.8 Å². The van der Waals surface area contributed by atoms with Crippen molar-refractivity contribution in [2.45, 2.75) is 46.6 Å². The van der Waals surface area contributed by atoms with Crippen molar-refractivity contribution in [2.24, 2.45) is 11.3 Å². The maximum Gasteiger partial charge on any atom is 0.0223 e. The van der Waals surface area contributed by atoms with Gasteiger partial charge in [-0.3, -0.25) is 4.90 Å². The number of hydrogen-bond acceptors (Lipinski definition) is 3. The summed E-state index contributed by atoms with van der Waals surface area (Å²) in [5, 5.41) is 0. The lowest BCUT2D eigenvalue weighted by Gasteiger charge is -2.35. The third-order valence-electron chi connectivity index (χ3n) is 4.40. The number of nitrogens with zero attached hydrogens (tertiary/aromatic N) is 2. The van der Waals surface area contributed by atoms with Gasteiger partial charge in [-0.05, 0) is 50.1 Å². The Morgan fingerprint density at radius 1 is 1.39 bits per heavy atom. The van der Waals surface area contributed by atoms with E-state index < -0.39 is 0 Å². The molecular formula is C15H32N2S. The monoisotopic (exact) mass is 272 g/mol. The Kier molecular flexibility index (Phi) is 6.49. The van der Waals surface area contributed by atoms with Gasteiger partial charge in [0.25, 0.3) is 0 Å². The van der Waals surface area contributed by atoms with Gasteiger partial charge in [-0.2, -0.15) is 12.6 Å².